The van der Waals surface area contributed by atoms with Crippen molar-refractivity contribution in [2.45, 2.75) is 16.5 Å². The minimum Gasteiger partial charge on any atom is -0.301 e. The highest BCUT2D eigenvalue weighted by molar-refractivity contribution is 7.99. The highest BCUT2D eigenvalue weighted by Gasteiger charge is 2.26. The van der Waals surface area contributed by atoms with Gasteiger partial charge in [0.05, 0.1) is 17.2 Å². The topological polar surface area (TPSA) is 76.3 Å². The minimum absolute atomic E-state index is 0.0413. The largest absolute Gasteiger partial charge is 0.301 e. The Bertz CT molecular complexity index is 1000. The number of non-ortho nitro benzene ring substituents is 1. The van der Waals surface area contributed by atoms with Gasteiger partial charge < -0.3 is 4.90 Å². The van der Waals surface area contributed by atoms with Crippen LogP contribution in [-0.2, 0) is 6.54 Å². The molecular weight excluding hydrogens is 350 g/mol. The molecule has 0 atom stereocenters. The fourth-order valence-electron chi connectivity index (χ4n) is 2.82. The van der Waals surface area contributed by atoms with E-state index in [-0.39, 0.29) is 11.6 Å². The summed E-state index contributed by atoms with van der Waals surface area (Å²) in [5.41, 5.74) is 2.12. The SMILES string of the molecule is O=C(c1ccc([N+](=O)[O-])cc1)N1Cc2ccccc2Sc2ncccc21. The molecule has 4 rings (SSSR count). The zero-order valence-corrected chi connectivity index (χ0v) is 14.3. The van der Waals surface area contributed by atoms with Crippen LogP contribution in [-0.4, -0.2) is 15.8 Å². The van der Waals surface area contributed by atoms with Gasteiger partial charge in [-0.1, -0.05) is 30.0 Å². The summed E-state index contributed by atoms with van der Waals surface area (Å²) in [5.74, 6) is -0.216. The molecule has 26 heavy (non-hydrogen) atoms. The van der Waals surface area contributed by atoms with E-state index in [0.717, 1.165) is 21.2 Å². The van der Waals surface area contributed by atoms with E-state index in [0.29, 0.717) is 12.1 Å². The normalized spacial score (nSPS) is 12.7. The van der Waals surface area contributed by atoms with Gasteiger partial charge in [0.1, 0.15) is 5.03 Å². The molecule has 0 N–H and O–H groups in total. The summed E-state index contributed by atoms with van der Waals surface area (Å²) in [5, 5.41) is 11.6. The molecule has 0 saturated heterocycles. The maximum atomic E-state index is 13.1. The van der Waals surface area contributed by atoms with Gasteiger partial charge in [0.15, 0.2) is 0 Å². The van der Waals surface area contributed by atoms with Gasteiger partial charge in [0, 0.05) is 28.8 Å². The van der Waals surface area contributed by atoms with Gasteiger partial charge >= 0.3 is 0 Å². The average molecular weight is 363 g/mol. The van der Waals surface area contributed by atoms with E-state index < -0.39 is 4.92 Å². The lowest BCUT2D eigenvalue weighted by molar-refractivity contribution is -0.384. The number of nitro benzene ring substituents is 1. The maximum Gasteiger partial charge on any atom is 0.269 e. The van der Waals surface area contributed by atoms with E-state index in [1.54, 1.807) is 17.2 Å². The number of carbonyl (C=O) groups is 1. The molecule has 2 aromatic carbocycles. The third kappa shape index (κ3) is 2.93. The lowest BCUT2D eigenvalue weighted by atomic mass is 10.1. The number of nitrogens with zero attached hydrogens (tertiary/aromatic N) is 3. The molecule has 0 unspecified atom stereocenters. The predicted molar refractivity (Wildman–Crippen MR) is 98.4 cm³/mol. The second-order valence-electron chi connectivity index (χ2n) is 5.73. The molecule has 1 aliphatic rings. The molecule has 0 spiro atoms. The molecule has 0 saturated carbocycles. The van der Waals surface area contributed by atoms with E-state index in [2.05, 4.69) is 4.98 Å². The number of nitro groups is 1. The van der Waals surface area contributed by atoms with Crippen molar-refractivity contribution in [3.05, 3.63) is 88.1 Å². The Hall–Kier alpha value is -3.19. The van der Waals surface area contributed by atoms with Gasteiger partial charge in [-0.25, -0.2) is 4.98 Å². The highest BCUT2D eigenvalue weighted by Crippen LogP contribution is 2.40. The van der Waals surface area contributed by atoms with Crippen LogP contribution < -0.4 is 4.90 Å². The Morgan fingerprint density at radius 1 is 1.08 bits per heavy atom. The van der Waals surface area contributed by atoms with Crippen molar-refractivity contribution >= 4 is 29.0 Å². The number of hydrogen-bond acceptors (Lipinski definition) is 5. The van der Waals surface area contributed by atoms with Gasteiger partial charge in [0.25, 0.3) is 11.6 Å². The molecule has 0 bridgehead atoms. The Morgan fingerprint density at radius 3 is 2.62 bits per heavy atom. The van der Waals surface area contributed by atoms with E-state index >= 15 is 0 Å². The van der Waals surface area contributed by atoms with Crippen LogP contribution in [0.5, 0.6) is 0 Å². The lowest BCUT2D eigenvalue weighted by Crippen LogP contribution is -2.30. The summed E-state index contributed by atoms with van der Waals surface area (Å²) < 4.78 is 0. The molecule has 2 heterocycles. The summed E-state index contributed by atoms with van der Waals surface area (Å²) in [4.78, 5) is 30.6. The van der Waals surface area contributed by atoms with Crippen LogP contribution in [0.1, 0.15) is 15.9 Å². The summed E-state index contributed by atoms with van der Waals surface area (Å²) in [6, 6.07) is 17.2. The van der Waals surface area contributed by atoms with Crippen LogP contribution in [0.3, 0.4) is 0 Å². The van der Waals surface area contributed by atoms with Crippen molar-refractivity contribution in [1.29, 1.82) is 0 Å². The first-order valence-electron chi connectivity index (χ1n) is 7.90. The maximum absolute atomic E-state index is 13.1. The Balaban J connectivity index is 1.76. The van der Waals surface area contributed by atoms with E-state index in [4.69, 9.17) is 0 Å². The number of carbonyl (C=O) groups excluding carboxylic acids is 1. The average Bonchev–Trinajstić information content (AvgIpc) is 2.84. The van der Waals surface area contributed by atoms with E-state index in [1.807, 2.05) is 30.3 Å². The summed E-state index contributed by atoms with van der Waals surface area (Å²) in [6.45, 7) is 0.414. The minimum atomic E-state index is -0.480. The molecule has 6 nitrogen and oxygen atoms in total. The fraction of sp³-hybridized carbons (Fsp3) is 0.0526. The molecule has 7 heteroatoms. The zero-order valence-electron chi connectivity index (χ0n) is 13.5. The third-order valence-corrected chi connectivity index (χ3v) is 5.25. The highest BCUT2D eigenvalue weighted by atomic mass is 32.2. The van der Waals surface area contributed by atoms with Gasteiger partial charge in [-0.2, -0.15) is 0 Å². The molecule has 1 aliphatic heterocycles. The number of pyridine rings is 1. The first kappa shape index (κ1) is 16.3. The van der Waals surface area contributed by atoms with Crippen molar-refractivity contribution in [1.82, 2.24) is 4.98 Å². The van der Waals surface area contributed by atoms with Gasteiger partial charge in [0.2, 0.25) is 0 Å². The quantitative estimate of drug-likeness (QED) is 0.501. The molecule has 1 amide bonds. The number of amides is 1. The number of rotatable bonds is 2. The van der Waals surface area contributed by atoms with Gasteiger partial charge in [-0.05, 0) is 35.9 Å². The van der Waals surface area contributed by atoms with Gasteiger partial charge in [-0.15, -0.1) is 0 Å². The number of aromatic nitrogens is 1. The fourth-order valence-corrected chi connectivity index (χ4v) is 3.84. The van der Waals surface area contributed by atoms with E-state index in [1.165, 1.54) is 36.0 Å². The molecular formula is C19H13N3O3S. The molecule has 128 valence electrons. The summed E-state index contributed by atoms with van der Waals surface area (Å²) in [7, 11) is 0. The number of benzene rings is 2. The number of hydrogen-bond donors (Lipinski definition) is 0. The Kier molecular flexibility index (Phi) is 4.14. The van der Waals surface area contributed by atoms with Crippen LogP contribution in [0.25, 0.3) is 0 Å². The number of fused-ring (bicyclic) bond motifs is 2. The molecule has 3 aromatic rings. The molecule has 0 radical (unpaired) electrons. The lowest BCUT2D eigenvalue weighted by Gasteiger charge is -2.22. The van der Waals surface area contributed by atoms with Crippen molar-refractivity contribution < 1.29 is 9.72 Å². The van der Waals surface area contributed by atoms with Gasteiger partial charge in [-0.3, -0.25) is 14.9 Å². The van der Waals surface area contributed by atoms with Crippen LogP contribution in [0, 0.1) is 10.1 Å². The zero-order chi connectivity index (χ0) is 18.1. The standard InChI is InChI=1S/C19H13N3O3S/c23-19(13-7-9-15(10-8-13)22(24)25)21-12-14-4-1-2-6-17(14)26-18-16(21)5-3-11-20-18/h1-11H,12H2. The first-order chi connectivity index (χ1) is 12.6. The van der Waals surface area contributed by atoms with Crippen molar-refractivity contribution in [2.24, 2.45) is 0 Å². The van der Waals surface area contributed by atoms with Crippen LogP contribution in [0.15, 0.2) is 76.8 Å². The second-order valence-corrected chi connectivity index (χ2v) is 6.76. The molecule has 0 aliphatic carbocycles. The summed E-state index contributed by atoms with van der Waals surface area (Å²) >= 11 is 1.53. The first-order valence-corrected chi connectivity index (χ1v) is 8.72. The molecule has 0 fully saturated rings. The second kappa shape index (κ2) is 6.61. The van der Waals surface area contributed by atoms with Crippen molar-refractivity contribution in [3.8, 4) is 0 Å². The smallest absolute Gasteiger partial charge is 0.269 e. The van der Waals surface area contributed by atoms with E-state index in [9.17, 15) is 14.9 Å². The predicted octanol–water partition coefficient (Wildman–Crippen LogP) is 4.30. The number of anilines is 1. The third-order valence-electron chi connectivity index (χ3n) is 4.12. The van der Waals surface area contributed by atoms with Crippen LogP contribution in [0.4, 0.5) is 11.4 Å². The Morgan fingerprint density at radius 2 is 1.85 bits per heavy atom. The van der Waals surface area contributed by atoms with Crippen LogP contribution >= 0.6 is 11.8 Å². The van der Waals surface area contributed by atoms with Crippen molar-refractivity contribution in [3.63, 3.8) is 0 Å². The van der Waals surface area contributed by atoms with Crippen LogP contribution in [0.2, 0.25) is 0 Å². The summed E-state index contributed by atoms with van der Waals surface area (Å²) in [6.07, 6.45) is 1.70. The monoisotopic (exact) mass is 363 g/mol. The van der Waals surface area contributed by atoms with Crippen molar-refractivity contribution in [2.75, 3.05) is 4.90 Å². The Labute approximate surface area is 153 Å². The molecule has 1 aromatic heterocycles.